The number of hydrogen-bond donors (Lipinski definition) is 26. The normalized spacial score (nSPS) is 52.3. The van der Waals surface area contributed by atoms with E-state index in [0.717, 1.165) is 13.8 Å². The van der Waals surface area contributed by atoms with Crippen LogP contribution < -0.4 is 10.6 Å². The van der Waals surface area contributed by atoms with Crippen molar-refractivity contribution in [1.82, 2.24) is 10.6 Å². The molecule has 45 nitrogen and oxygen atoms in total. The van der Waals surface area contributed by atoms with Crippen molar-refractivity contribution in [3.63, 3.8) is 0 Å². The molecule has 0 saturated carbocycles. The monoisotopic (exact) mass is 1510 g/mol. The van der Waals surface area contributed by atoms with E-state index >= 15 is 0 Å². The lowest BCUT2D eigenvalue weighted by Gasteiger charge is -2.52. The molecule has 598 valence electrons. The Morgan fingerprint density at radius 3 is 1.03 bits per heavy atom. The molecule has 0 radical (unpaired) electrons. The predicted molar refractivity (Wildman–Crippen MR) is 316 cm³/mol. The predicted octanol–water partition coefficient (Wildman–Crippen LogP) is -17.3. The van der Waals surface area contributed by atoms with Gasteiger partial charge in [0.1, 0.15) is 201 Å². The Morgan fingerprint density at radius 2 is 0.583 bits per heavy atom. The van der Waals surface area contributed by atoms with E-state index in [1.54, 1.807) is 0 Å². The molecule has 9 rings (SSSR count). The highest BCUT2D eigenvalue weighted by Gasteiger charge is 2.61. The molecule has 0 aromatic rings. The molecule has 2 amide bonds. The number of ether oxygens (including phenoxy) is 17. The molecule has 0 aromatic carbocycles. The summed E-state index contributed by atoms with van der Waals surface area (Å²) >= 11 is 0. The Kier molecular flexibility index (Phi) is 29.5. The Hall–Kier alpha value is -2.70. The van der Waals surface area contributed by atoms with Gasteiger partial charge in [-0.1, -0.05) is 0 Å². The fourth-order valence-corrected chi connectivity index (χ4v) is 13.5. The van der Waals surface area contributed by atoms with Crippen molar-refractivity contribution in [2.45, 2.75) is 311 Å². The second-order valence-corrected chi connectivity index (χ2v) is 26.6. The summed E-state index contributed by atoms with van der Waals surface area (Å²) in [5.74, 6) is -1.95. The van der Waals surface area contributed by atoms with E-state index in [-0.39, 0.29) is 0 Å². The molecule has 45 atom stereocenters. The van der Waals surface area contributed by atoms with Gasteiger partial charge in [0.15, 0.2) is 56.6 Å². The van der Waals surface area contributed by atoms with Gasteiger partial charge in [-0.15, -0.1) is 0 Å². The average molecular weight is 1510 g/mol. The largest absolute Gasteiger partial charge is 0.394 e. The van der Waals surface area contributed by atoms with Crippen LogP contribution in [0.5, 0.6) is 0 Å². The Morgan fingerprint density at radius 1 is 0.272 bits per heavy atom. The number of amides is 2. The van der Waals surface area contributed by atoms with Crippen LogP contribution in [0.4, 0.5) is 0 Å². The fraction of sp³-hybridized carbons (Fsp3) is 0.966. The number of aliphatic hydroxyl groups is 24. The number of carbonyl (C=O) groups excluding carboxylic acids is 2. The maximum absolute atomic E-state index is 13.6. The third-order valence-electron chi connectivity index (χ3n) is 19.4. The molecule has 9 heterocycles. The lowest BCUT2D eigenvalue weighted by Crippen LogP contribution is -2.71. The van der Waals surface area contributed by atoms with Crippen LogP contribution in [0.15, 0.2) is 0 Å². The van der Waals surface area contributed by atoms with Crippen LogP contribution in [-0.4, -0.2) is 450 Å². The second-order valence-electron chi connectivity index (χ2n) is 26.6. The average Bonchev–Trinajstić information content (AvgIpc) is 0.763. The summed E-state index contributed by atoms with van der Waals surface area (Å²) < 4.78 is 102. The molecule has 9 saturated heterocycles. The highest BCUT2D eigenvalue weighted by molar-refractivity contribution is 5.73. The quantitative estimate of drug-likeness (QED) is 0.0427. The summed E-state index contributed by atoms with van der Waals surface area (Å²) in [6, 6.07) is -3.94. The van der Waals surface area contributed by atoms with Crippen LogP contribution in [0.25, 0.3) is 0 Å². The van der Waals surface area contributed by atoms with Gasteiger partial charge in [0, 0.05) is 13.8 Å². The standard InChI is InChI=1S/C58H98N2O43/c1-12-25(68)31(74)38(81)53(88-12)100-46-23(59-15(4)66)51(94-20(9-64)44(46)98-56-41(84)34(77)28(71)17(6-61)92-56)87-11-22-30(73)48(42(85)57(96-22)97-43-19(8-63)91-50(86)37(80)36(43)79)102-52-24(60-16(5)67)47(101-54-39(82)32(75)26(69)13(2)89-54)45(21(10-65)95-52)99-58-49(35(78)29(72)18(7-62)93-58)103-55-40(83)33(76)27(70)14(3)90-55/h12-14,17-58,61-65,68-86H,6-11H2,1-5H3,(H,59,66)(H,60,67)/t12-,13-,14-,17+,18+,19+,20+,21+,22+,23+,24+,25+,26+,27+,28-,29-,30-,31+,32+,33+,34-,35-,36+,37+,38-,39-,40-,41+,42+,43+,44+,45+,46+,47+,48-,49+,50-,51+,52-,53-,54-,55-,56-,57-,58-/m0/s1. The highest BCUT2D eigenvalue weighted by atomic mass is 16.8. The van der Waals surface area contributed by atoms with Crippen molar-refractivity contribution in [2.75, 3.05) is 39.6 Å². The molecule has 0 spiro atoms. The molecule has 45 heteroatoms. The van der Waals surface area contributed by atoms with E-state index in [9.17, 15) is 132 Å². The minimum absolute atomic E-state index is 0.923. The third kappa shape index (κ3) is 18.0. The minimum Gasteiger partial charge on any atom is -0.394 e. The van der Waals surface area contributed by atoms with Crippen molar-refractivity contribution in [3.8, 4) is 0 Å². The first-order chi connectivity index (χ1) is 48.6. The number of carbonyl (C=O) groups is 2. The smallest absolute Gasteiger partial charge is 0.217 e. The molecular formula is C58H98N2O43. The zero-order chi connectivity index (χ0) is 75.8. The number of hydrogen-bond acceptors (Lipinski definition) is 43. The van der Waals surface area contributed by atoms with Gasteiger partial charge in [0.05, 0.1) is 58.0 Å². The van der Waals surface area contributed by atoms with Crippen molar-refractivity contribution in [2.24, 2.45) is 0 Å². The molecule has 0 unspecified atom stereocenters. The van der Waals surface area contributed by atoms with Crippen molar-refractivity contribution < 1.29 is 213 Å². The molecular weight excluding hydrogens is 1410 g/mol. The Balaban J connectivity index is 1.09. The maximum atomic E-state index is 13.6. The summed E-state index contributed by atoms with van der Waals surface area (Å²) in [7, 11) is 0. The first-order valence-electron chi connectivity index (χ1n) is 33.2. The molecule has 9 fully saturated rings. The second kappa shape index (κ2) is 36.0. The van der Waals surface area contributed by atoms with Crippen LogP contribution in [0, 0.1) is 0 Å². The number of nitrogens with one attached hydrogen (secondary N) is 2. The van der Waals surface area contributed by atoms with Gasteiger partial charge in [-0.05, 0) is 20.8 Å². The van der Waals surface area contributed by atoms with E-state index in [2.05, 4.69) is 10.6 Å². The zero-order valence-corrected chi connectivity index (χ0v) is 55.7. The summed E-state index contributed by atoms with van der Waals surface area (Å²) in [6.07, 6.45) is -86.1. The summed E-state index contributed by atoms with van der Waals surface area (Å²) in [5, 5.41) is 269. The molecule has 0 aliphatic carbocycles. The number of rotatable bonds is 24. The van der Waals surface area contributed by atoms with Gasteiger partial charge in [-0.25, -0.2) is 0 Å². The van der Waals surface area contributed by atoms with Crippen molar-refractivity contribution in [3.05, 3.63) is 0 Å². The van der Waals surface area contributed by atoms with Crippen LogP contribution in [0.1, 0.15) is 34.6 Å². The van der Waals surface area contributed by atoms with Crippen LogP contribution in [0.2, 0.25) is 0 Å². The third-order valence-corrected chi connectivity index (χ3v) is 19.4. The van der Waals surface area contributed by atoms with E-state index in [0.29, 0.717) is 0 Å². The zero-order valence-electron chi connectivity index (χ0n) is 55.7. The van der Waals surface area contributed by atoms with Crippen LogP contribution in [0.3, 0.4) is 0 Å². The molecule has 9 aliphatic heterocycles. The van der Waals surface area contributed by atoms with E-state index < -0.39 is 328 Å². The summed E-state index contributed by atoms with van der Waals surface area (Å²) in [4.78, 5) is 26.9. The van der Waals surface area contributed by atoms with Gasteiger partial charge in [-0.3, -0.25) is 9.59 Å². The lowest BCUT2D eigenvalue weighted by molar-refractivity contribution is -0.402. The van der Waals surface area contributed by atoms with Crippen molar-refractivity contribution >= 4 is 11.8 Å². The summed E-state index contributed by atoms with van der Waals surface area (Å²) in [5.41, 5.74) is 0. The molecule has 9 aliphatic rings. The maximum Gasteiger partial charge on any atom is 0.217 e. The summed E-state index contributed by atoms with van der Waals surface area (Å²) in [6.45, 7) is -0.946. The number of aliphatic hydroxyl groups excluding tert-OH is 24. The van der Waals surface area contributed by atoms with Gasteiger partial charge < -0.3 is 214 Å². The first kappa shape index (κ1) is 84.3. The van der Waals surface area contributed by atoms with Gasteiger partial charge >= 0.3 is 0 Å². The van der Waals surface area contributed by atoms with E-state index in [1.807, 2.05) is 0 Å². The van der Waals surface area contributed by atoms with Gasteiger partial charge in [0.25, 0.3) is 0 Å². The topological polar surface area (TPSA) is 701 Å². The molecule has 103 heavy (non-hydrogen) atoms. The molecule has 0 bridgehead atoms. The van der Waals surface area contributed by atoms with Crippen LogP contribution >= 0.6 is 0 Å². The van der Waals surface area contributed by atoms with E-state index in [4.69, 9.17) is 80.5 Å². The molecule has 26 N–H and O–H groups in total. The molecule has 0 aromatic heterocycles. The van der Waals surface area contributed by atoms with Crippen molar-refractivity contribution in [1.29, 1.82) is 0 Å². The van der Waals surface area contributed by atoms with Gasteiger partial charge in [0.2, 0.25) is 11.8 Å². The van der Waals surface area contributed by atoms with Gasteiger partial charge in [-0.2, -0.15) is 0 Å². The Bertz CT molecular complexity index is 2660. The highest BCUT2D eigenvalue weighted by Crippen LogP contribution is 2.41. The first-order valence-corrected chi connectivity index (χ1v) is 33.2. The van der Waals surface area contributed by atoms with Crippen LogP contribution in [-0.2, 0) is 90.1 Å². The SMILES string of the molecule is CC(=O)N[C@H]1[C@H](OC[C@H]2O[C@@H](O[C@H]3[C@H](O)[C@@H](O)[C@@H](O)O[C@@H]3CO)[C@H](O)[C@@H](O[C@@H]3O[C@H](CO)[C@@H](O[C@@H]4O[C@H](CO)[C@H](O)[C@H](O)[C@H]4O[C@@H]4O[C@@H](C)[C@@H](O)[C@@H](O)[C@@H]4O)[C@H](O[C@@H]4O[C@@H](C)[C@@H](O)[C@@H](O)[C@@H]4O)[C@H]3NC(C)=O)[C@H]2O)O[C@H](CO)[C@@H](O[C@@H]2O[C@H](CO)[C@H](O)[C@H](O)[C@H]2O)[C@@H]1O[C@@H]1O[C@@H](C)[C@@H](O)[C@@H](O)[C@@H]1O. The Labute approximate surface area is 584 Å². The minimum atomic E-state index is -2.48. The van der Waals surface area contributed by atoms with E-state index in [1.165, 1.54) is 20.8 Å². The lowest BCUT2D eigenvalue weighted by atomic mass is 9.93. The fourth-order valence-electron chi connectivity index (χ4n) is 13.5.